The predicted molar refractivity (Wildman–Crippen MR) is 91.8 cm³/mol. The Morgan fingerprint density at radius 3 is 2.38 bits per heavy atom. The first kappa shape index (κ1) is 16.3. The SMILES string of the molecule is CCN1CCC(Nc2ccccc2CN(CC)CC)CC1. The van der Waals surface area contributed by atoms with E-state index in [1.165, 1.54) is 43.7 Å². The molecule has 0 atom stereocenters. The van der Waals surface area contributed by atoms with Gasteiger partial charge in [-0.05, 0) is 44.1 Å². The van der Waals surface area contributed by atoms with Gasteiger partial charge in [-0.15, -0.1) is 0 Å². The molecule has 1 saturated heterocycles. The number of para-hydroxylation sites is 1. The Kier molecular flexibility index (Phi) is 6.52. The number of nitrogens with one attached hydrogen (secondary N) is 1. The molecule has 0 saturated carbocycles. The van der Waals surface area contributed by atoms with Gasteiger partial charge in [-0.3, -0.25) is 4.90 Å². The maximum Gasteiger partial charge on any atom is 0.0388 e. The number of hydrogen-bond donors (Lipinski definition) is 1. The number of likely N-dealkylation sites (tertiary alicyclic amines) is 1. The van der Waals surface area contributed by atoms with Gasteiger partial charge in [-0.25, -0.2) is 0 Å². The van der Waals surface area contributed by atoms with Crippen LogP contribution in [0.25, 0.3) is 0 Å². The van der Waals surface area contributed by atoms with Crippen molar-refractivity contribution in [3.63, 3.8) is 0 Å². The van der Waals surface area contributed by atoms with Gasteiger partial charge in [0.25, 0.3) is 0 Å². The zero-order chi connectivity index (χ0) is 15.1. The van der Waals surface area contributed by atoms with E-state index in [-0.39, 0.29) is 0 Å². The average Bonchev–Trinajstić information content (AvgIpc) is 2.54. The van der Waals surface area contributed by atoms with Crippen molar-refractivity contribution in [2.75, 3.05) is 38.0 Å². The van der Waals surface area contributed by atoms with Crippen LogP contribution in [0.1, 0.15) is 39.2 Å². The van der Waals surface area contributed by atoms with Crippen LogP contribution in [0.5, 0.6) is 0 Å². The van der Waals surface area contributed by atoms with Crippen LogP contribution in [-0.2, 0) is 6.54 Å². The van der Waals surface area contributed by atoms with Crippen LogP contribution in [0.2, 0.25) is 0 Å². The zero-order valence-corrected chi connectivity index (χ0v) is 13.9. The summed E-state index contributed by atoms with van der Waals surface area (Å²) in [5.74, 6) is 0. The van der Waals surface area contributed by atoms with E-state index < -0.39 is 0 Å². The molecule has 0 radical (unpaired) electrons. The molecule has 0 aliphatic carbocycles. The fourth-order valence-corrected chi connectivity index (χ4v) is 3.10. The van der Waals surface area contributed by atoms with E-state index >= 15 is 0 Å². The van der Waals surface area contributed by atoms with Gasteiger partial charge in [0.15, 0.2) is 0 Å². The number of hydrogen-bond acceptors (Lipinski definition) is 3. The van der Waals surface area contributed by atoms with Gasteiger partial charge in [0.2, 0.25) is 0 Å². The summed E-state index contributed by atoms with van der Waals surface area (Å²) >= 11 is 0. The molecule has 1 heterocycles. The summed E-state index contributed by atoms with van der Waals surface area (Å²) in [6.07, 6.45) is 2.51. The van der Waals surface area contributed by atoms with Gasteiger partial charge in [-0.2, -0.15) is 0 Å². The van der Waals surface area contributed by atoms with E-state index in [2.05, 4.69) is 60.2 Å². The van der Waals surface area contributed by atoms with Crippen molar-refractivity contribution in [3.8, 4) is 0 Å². The monoisotopic (exact) mass is 289 g/mol. The minimum absolute atomic E-state index is 0.630. The largest absolute Gasteiger partial charge is 0.382 e. The first-order chi connectivity index (χ1) is 10.3. The first-order valence-electron chi connectivity index (χ1n) is 8.55. The fourth-order valence-electron chi connectivity index (χ4n) is 3.10. The summed E-state index contributed by atoms with van der Waals surface area (Å²) < 4.78 is 0. The maximum absolute atomic E-state index is 3.79. The van der Waals surface area contributed by atoms with Gasteiger partial charge in [-0.1, -0.05) is 39.0 Å². The lowest BCUT2D eigenvalue weighted by Gasteiger charge is -2.32. The van der Waals surface area contributed by atoms with Gasteiger partial charge in [0.1, 0.15) is 0 Å². The normalized spacial score (nSPS) is 17.3. The Morgan fingerprint density at radius 1 is 1.10 bits per heavy atom. The molecule has 2 rings (SSSR count). The summed E-state index contributed by atoms with van der Waals surface area (Å²) in [5, 5.41) is 3.79. The standard InChI is InChI=1S/C18H31N3/c1-4-20(5-2)15-16-9-7-8-10-18(16)19-17-11-13-21(6-3)14-12-17/h7-10,17,19H,4-6,11-15H2,1-3H3. The van der Waals surface area contributed by atoms with Crippen LogP contribution >= 0.6 is 0 Å². The molecule has 1 N–H and O–H groups in total. The van der Waals surface area contributed by atoms with Crippen LogP contribution in [0.3, 0.4) is 0 Å². The zero-order valence-electron chi connectivity index (χ0n) is 13.9. The van der Waals surface area contributed by atoms with Crippen LogP contribution in [0.4, 0.5) is 5.69 Å². The fraction of sp³-hybridized carbons (Fsp3) is 0.667. The predicted octanol–water partition coefficient (Wildman–Crippen LogP) is 3.42. The minimum atomic E-state index is 0.630. The Balaban J connectivity index is 1.97. The van der Waals surface area contributed by atoms with Crippen LogP contribution in [0, 0.1) is 0 Å². The molecule has 0 unspecified atom stereocenters. The Morgan fingerprint density at radius 2 is 1.76 bits per heavy atom. The molecular formula is C18H31N3. The van der Waals surface area contributed by atoms with Crippen molar-refractivity contribution in [3.05, 3.63) is 29.8 Å². The highest BCUT2D eigenvalue weighted by atomic mass is 15.1. The summed E-state index contributed by atoms with van der Waals surface area (Å²) in [5.41, 5.74) is 2.76. The van der Waals surface area contributed by atoms with Crippen LogP contribution < -0.4 is 5.32 Å². The van der Waals surface area contributed by atoms with E-state index in [0.717, 1.165) is 19.6 Å². The van der Waals surface area contributed by atoms with E-state index in [0.29, 0.717) is 6.04 Å². The number of benzene rings is 1. The minimum Gasteiger partial charge on any atom is -0.382 e. The van der Waals surface area contributed by atoms with E-state index in [4.69, 9.17) is 0 Å². The van der Waals surface area contributed by atoms with Crippen molar-refractivity contribution < 1.29 is 0 Å². The third-order valence-electron chi connectivity index (χ3n) is 4.70. The highest BCUT2D eigenvalue weighted by Crippen LogP contribution is 2.21. The van der Waals surface area contributed by atoms with Gasteiger partial charge >= 0.3 is 0 Å². The average molecular weight is 289 g/mol. The second-order valence-corrected chi connectivity index (χ2v) is 5.97. The topological polar surface area (TPSA) is 18.5 Å². The molecule has 1 fully saturated rings. The summed E-state index contributed by atoms with van der Waals surface area (Å²) in [6.45, 7) is 13.6. The van der Waals surface area contributed by atoms with Crippen molar-refractivity contribution in [2.45, 2.75) is 46.2 Å². The third kappa shape index (κ3) is 4.72. The molecule has 0 spiro atoms. The van der Waals surface area contributed by atoms with Crippen LogP contribution in [-0.4, -0.2) is 48.6 Å². The molecule has 1 aromatic carbocycles. The van der Waals surface area contributed by atoms with Crippen molar-refractivity contribution in [2.24, 2.45) is 0 Å². The summed E-state index contributed by atoms with van der Waals surface area (Å²) in [7, 11) is 0. The summed E-state index contributed by atoms with van der Waals surface area (Å²) in [6, 6.07) is 9.44. The number of anilines is 1. The molecule has 118 valence electrons. The highest BCUT2D eigenvalue weighted by molar-refractivity contribution is 5.51. The Bertz CT molecular complexity index is 407. The summed E-state index contributed by atoms with van der Waals surface area (Å²) in [4.78, 5) is 5.01. The second-order valence-electron chi connectivity index (χ2n) is 5.97. The smallest absolute Gasteiger partial charge is 0.0388 e. The number of nitrogens with zero attached hydrogens (tertiary/aromatic N) is 2. The molecule has 3 nitrogen and oxygen atoms in total. The van der Waals surface area contributed by atoms with Gasteiger partial charge in [0, 0.05) is 31.4 Å². The van der Waals surface area contributed by atoms with E-state index in [1.54, 1.807) is 0 Å². The lowest BCUT2D eigenvalue weighted by Crippen LogP contribution is -2.39. The molecule has 0 bridgehead atoms. The highest BCUT2D eigenvalue weighted by Gasteiger charge is 2.18. The lowest BCUT2D eigenvalue weighted by molar-refractivity contribution is 0.229. The number of rotatable bonds is 7. The molecule has 1 aromatic rings. The molecule has 0 amide bonds. The molecule has 3 heteroatoms. The Hall–Kier alpha value is -1.06. The number of piperidine rings is 1. The maximum atomic E-state index is 3.79. The van der Waals surface area contributed by atoms with Gasteiger partial charge < -0.3 is 10.2 Å². The van der Waals surface area contributed by atoms with E-state index in [9.17, 15) is 0 Å². The molecule has 1 aliphatic rings. The first-order valence-corrected chi connectivity index (χ1v) is 8.55. The van der Waals surface area contributed by atoms with Gasteiger partial charge in [0.05, 0.1) is 0 Å². The van der Waals surface area contributed by atoms with Crippen molar-refractivity contribution >= 4 is 5.69 Å². The Labute approximate surface area is 130 Å². The molecule has 21 heavy (non-hydrogen) atoms. The van der Waals surface area contributed by atoms with Crippen LogP contribution in [0.15, 0.2) is 24.3 Å². The van der Waals surface area contributed by atoms with E-state index in [1.807, 2.05) is 0 Å². The molecule has 1 aliphatic heterocycles. The van der Waals surface area contributed by atoms with Crippen molar-refractivity contribution in [1.29, 1.82) is 0 Å². The third-order valence-corrected chi connectivity index (χ3v) is 4.70. The molecular weight excluding hydrogens is 258 g/mol. The quantitative estimate of drug-likeness (QED) is 0.829. The molecule has 0 aromatic heterocycles. The second kappa shape index (κ2) is 8.40. The lowest BCUT2D eigenvalue weighted by atomic mass is 10.0. The van der Waals surface area contributed by atoms with Crippen molar-refractivity contribution in [1.82, 2.24) is 9.80 Å².